The third-order valence-electron chi connectivity index (χ3n) is 5.84. The van der Waals surface area contributed by atoms with E-state index < -0.39 is 0 Å². The largest absolute Gasteiger partial charge is 0.352 e. The van der Waals surface area contributed by atoms with Gasteiger partial charge in [-0.05, 0) is 33.2 Å². The summed E-state index contributed by atoms with van der Waals surface area (Å²) in [6.07, 6.45) is 6.03. The summed E-state index contributed by atoms with van der Waals surface area (Å²) < 4.78 is 2.05. The third kappa shape index (κ3) is 5.33. The van der Waals surface area contributed by atoms with E-state index in [0.717, 1.165) is 23.2 Å². The second-order valence-electron chi connectivity index (χ2n) is 8.79. The molecule has 3 aromatic carbocycles. The van der Waals surface area contributed by atoms with Gasteiger partial charge >= 0.3 is 0 Å². The van der Waals surface area contributed by atoms with Gasteiger partial charge in [0.15, 0.2) is 0 Å². The second-order valence-corrected chi connectivity index (χ2v) is 8.79. The number of hydrogen-bond acceptors (Lipinski definition) is 2. The Kier molecular flexibility index (Phi) is 6.50. The zero-order valence-electron chi connectivity index (χ0n) is 18.7. The number of carbonyl (C=O) groups is 1. The molecule has 0 aliphatic heterocycles. The average Bonchev–Trinajstić information content (AvgIpc) is 3.32. The summed E-state index contributed by atoms with van der Waals surface area (Å²) in [7, 11) is 0. The van der Waals surface area contributed by atoms with Crippen molar-refractivity contribution < 1.29 is 4.79 Å². The van der Waals surface area contributed by atoms with E-state index in [9.17, 15) is 4.79 Å². The normalized spacial score (nSPS) is 11.3. The van der Waals surface area contributed by atoms with Gasteiger partial charge in [0, 0.05) is 31.9 Å². The first-order valence-electron chi connectivity index (χ1n) is 11.0. The fourth-order valence-electron chi connectivity index (χ4n) is 3.99. The summed E-state index contributed by atoms with van der Waals surface area (Å²) in [6, 6.07) is 27.0. The topological polar surface area (TPSA) is 46.9 Å². The van der Waals surface area contributed by atoms with Crippen molar-refractivity contribution in [2.75, 3.05) is 0 Å². The summed E-state index contributed by atoms with van der Waals surface area (Å²) in [6.45, 7) is 5.54. The maximum absolute atomic E-state index is 12.7. The van der Waals surface area contributed by atoms with E-state index in [-0.39, 0.29) is 11.3 Å². The molecule has 0 bridgehead atoms. The quantitative estimate of drug-likeness (QED) is 0.402. The highest BCUT2D eigenvalue weighted by Gasteiger charge is 2.24. The SMILES string of the molecule is CC(C)(CC(=O)NCc1ccccc1-c1ccc(Cn2ccnc2)cc1)c1ccccc1. The summed E-state index contributed by atoms with van der Waals surface area (Å²) in [4.78, 5) is 16.8. The highest BCUT2D eigenvalue weighted by atomic mass is 16.1. The third-order valence-corrected chi connectivity index (χ3v) is 5.84. The van der Waals surface area contributed by atoms with Crippen molar-refractivity contribution in [3.63, 3.8) is 0 Å². The smallest absolute Gasteiger partial charge is 0.221 e. The number of nitrogens with zero attached hydrogens (tertiary/aromatic N) is 2. The standard InChI is InChI=1S/C28H29N3O/c1-28(2,25-9-4-3-5-10-25)18-27(32)30-19-24-8-6-7-11-26(24)23-14-12-22(13-15-23)20-31-17-16-29-21-31/h3-17,21H,18-20H2,1-2H3,(H,30,32). The second kappa shape index (κ2) is 9.65. The predicted octanol–water partition coefficient (Wildman–Crippen LogP) is 5.58. The van der Waals surface area contributed by atoms with Crippen LogP contribution in [0.1, 0.15) is 37.0 Å². The van der Waals surface area contributed by atoms with Gasteiger partial charge in [0.1, 0.15) is 0 Å². The summed E-state index contributed by atoms with van der Waals surface area (Å²) in [5.74, 6) is 0.0596. The molecule has 4 heteroatoms. The van der Waals surface area contributed by atoms with Gasteiger partial charge in [-0.15, -0.1) is 0 Å². The zero-order chi connectivity index (χ0) is 22.4. The molecule has 32 heavy (non-hydrogen) atoms. The number of carbonyl (C=O) groups excluding carboxylic acids is 1. The van der Waals surface area contributed by atoms with Crippen LogP contribution in [0.15, 0.2) is 97.6 Å². The van der Waals surface area contributed by atoms with Crippen LogP contribution in [0.25, 0.3) is 11.1 Å². The van der Waals surface area contributed by atoms with Crippen molar-refractivity contribution in [1.29, 1.82) is 0 Å². The van der Waals surface area contributed by atoms with Crippen molar-refractivity contribution in [3.8, 4) is 11.1 Å². The van der Waals surface area contributed by atoms with Crippen LogP contribution >= 0.6 is 0 Å². The maximum atomic E-state index is 12.7. The lowest BCUT2D eigenvalue weighted by Crippen LogP contribution is -2.30. The van der Waals surface area contributed by atoms with Crippen molar-refractivity contribution in [2.45, 2.75) is 38.8 Å². The number of aromatic nitrogens is 2. The van der Waals surface area contributed by atoms with E-state index in [2.05, 4.69) is 77.2 Å². The summed E-state index contributed by atoms with van der Waals surface area (Å²) >= 11 is 0. The lowest BCUT2D eigenvalue weighted by atomic mass is 9.81. The van der Waals surface area contributed by atoms with Crippen molar-refractivity contribution >= 4 is 5.91 Å². The Labute approximate surface area is 190 Å². The first-order valence-corrected chi connectivity index (χ1v) is 11.0. The van der Waals surface area contributed by atoms with Crippen LogP contribution in [0.3, 0.4) is 0 Å². The molecule has 0 unspecified atom stereocenters. The zero-order valence-corrected chi connectivity index (χ0v) is 18.7. The number of benzene rings is 3. The Morgan fingerprint density at radius 2 is 1.66 bits per heavy atom. The van der Waals surface area contributed by atoms with Crippen molar-refractivity contribution in [2.24, 2.45) is 0 Å². The van der Waals surface area contributed by atoms with E-state index in [0.29, 0.717) is 13.0 Å². The fourth-order valence-corrected chi connectivity index (χ4v) is 3.99. The van der Waals surface area contributed by atoms with E-state index in [1.807, 2.05) is 42.9 Å². The average molecular weight is 424 g/mol. The molecule has 1 amide bonds. The van der Waals surface area contributed by atoms with Crippen LogP contribution in [-0.2, 0) is 23.3 Å². The molecular weight excluding hydrogens is 394 g/mol. The minimum absolute atomic E-state index is 0.0596. The molecule has 4 nitrogen and oxygen atoms in total. The number of hydrogen-bond donors (Lipinski definition) is 1. The molecule has 0 fully saturated rings. The predicted molar refractivity (Wildman–Crippen MR) is 129 cm³/mol. The van der Waals surface area contributed by atoms with Crippen LogP contribution < -0.4 is 5.32 Å². The first-order chi connectivity index (χ1) is 15.5. The molecule has 0 aliphatic carbocycles. The Hall–Kier alpha value is -3.66. The van der Waals surface area contributed by atoms with Gasteiger partial charge in [-0.2, -0.15) is 0 Å². The maximum Gasteiger partial charge on any atom is 0.221 e. The van der Waals surface area contributed by atoms with Crippen LogP contribution in [0, 0.1) is 0 Å². The molecule has 1 aromatic heterocycles. The van der Waals surface area contributed by atoms with Gasteiger partial charge in [0.2, 0.25) is 5.91 Å². The van der Waals surface area contributed by atoms with Crippen LogP contribution in [0.2, 0.25) is 0 Å². The van der Waals surface area contributed by atoms with Gasteiger partial charge in [0.25, 0.3) is 0 Å². The van der Waals surface area contributed by atoms with E-state index in [1.54, 1.807) is 6.20 Å². The lowest BCUT2D eigenvalue weighted by Gasteiger charge is -2.24. The molecule has 4 rings (SSSR count). The molecule has 1 heterocycles. The van der Waals surface area contributed by atoms with Gasteiger partial charge in [0.05, 0.1) is 6.33 Å². The summed E-state index contributed by atoms with van der Waals surface area (Å²) in [5.41, 5.74) is 5.58. The minimum atomic E-state index is -0.212. The van der Waals surface area contributed by atoms with Crippen LogP contribution in [-0.4, -0.2) is 15.5 Å². The molecule has 0 aliphatic rings. The molecule has 162 valence electrons. The Morgan fingerprint density at radius 1 is 0.938 bits per heavy atom. The van der Waals surface area contributed by atoms with Gasteiger partial charge < -0.3 is 9.88 Å². The number of nitrogens with one attached hydrogen (secondary N) is 1. The molecular formula is C28H29N3O. The van der Waals surface area contributed by atoms with Gasteiger partial charge in [-0.25, -0.2) is 4.98 Å². The van der Waals surface area contributed by atoms with Crippen LogP contribution in [0.5, 0.6) is 0 Å². The Morgan fingerprint density at radius 3 is 2.38 bits per heavy atom. The fraction of sp³-hybridized carbons (Fsp3) is 0.214. The van der Waals surface area contributed by atoms with Gasteiger partial charge in [-0.1, -0.05) is 92.7 Å². The Balaban J connectivity index is 1.42. The molecule has 0 radical (unpaired) electrons. The summed E-state index contributed by atoms with van der Waals surface area (Å²) in [5, 5.41) is 3.13. The van der Waals surface area contributed by atoms with Crippen molar-refractivity contribution in [3.05, 3.63) is 114 Å². The molecule has 0 saturated carbocycles. The molecule has 1 N–H and O–H groups in total. The highest BCUT2D eigenvalue weighted by Crippen LogP contribution is 2.27. The number of amides is 1. The molecule has 4 aromatic rings. The first kappa shape index (κ1) is 21.6. The molecule has 0 saturated heterocycles. The molecule has 0 atom stereocenters. The Bertz CT molecular complexity index is 1150. The number of rotatable bonds is 8. The van der Waals surface area contributed by atoms with E-state index >= 15 is 0 Å². The van der Waals surface area contributed by atoms with Crippen LogP contribution in [0.4, 0.5) is 0 Å². The lowest BCUT2D eigenvalue weighted by molar-refractivity contribution is -0.122. The van der Waals surface area contributed by atoms with Crippen molar-refractivity contribution in [1.82, 2.24) is 14.9 Å². The highest BCUT2D eigenvalue weighted by molar-refractivity contribution is 5.78. The molecule has 0 spiro atoms. The minimum Gasteiger partial charge on any atom is -0.352 e. The number of imidazole rings is 1. The van der Waals surface area contributed by atoms with Gasteiger partial charge in [-0.3, -0.25) is 4.79 Å². The monoisotopic (exact) mass is 423 g/mol. The van der Waals surface area contributed by atoms with E-state index in [1.165, 1.54) is 11.1 Å². The van der Waals surface area contributed by atoms with E-state index in [4.69, 9.17) is 0 Å².